The van der Waals surface area contributed by atoms with Crippen LogP contribution in [0.1, 0.15) is 31.4 Å². The Labute approximate surface area is 109 Å². The van der Waals surface area contributed by atoms with E-state index in [9.17, 15) is 0 Å². The summed E-state index contributed by atoms with van der Waals surface area (Å²) < 4.78 is 0. The first kappa shape index (κ1) is 11.9. The zero-order valence-corrected chi connectivity index (χ0v) is 11.1. The summed E-state index contributed by atoms with van der Waals surface area (Å²) in [5.74, 6) is 2.04. The van der Waals surface area contributed by atoms with Gasteiger partial charge >= 0.3 is 0 Å². The Morgan fingerprint density at radius 2 is 1.89 bits per heavy atom. The second kappa shape index (κ2) is 5.22. The Bertz CT molecular complexity index is 395. The molecule has 0 aromatic carbocycles. The van der Waals surface area contributed by atoms with Crippen LogP contribution in [0.5, 0.6) is 0 Å². The van der Waals surface area contributed by atoms with Crippen molar-refractivity contribution in [1.82, 2.24) is 15.3 Å². The van der Waals surface area contributed by atoms with E-state index in [0.29, 0.717) is 6.04 Å². The van der Waals surface area contributed by atoms with Gasteiger partial charge in [-0.1, -0.05) is 0 Å². The summed E-state index contributed by atoms with van der Waals surface area (Å²) in [5, 5.41) is 3.71. The quantitative estimate of drug-likeness (QED) is 0.879. The highest BCUT2D eigenvalue weighted by molar-refractivity contribution is 5.42. The van der Waals surface area contributed by atoms with Gasteiger partial charge in [-0.3, -0.25) is 4.98 Å². The molecular weight excluding hydrogens is 224 g/mol. The van der Waals surface area contributed by atoms with E-state index in [0.717, 1.165) is 30.5 Å². The SMILES string of the molecule is Cc1nccnc1N1CCC(NCC2CC2)CC1. The van der Waals surface area contributed by atoms with E-state index >= 15 is 0 Å². The van der Waals surface area contributed by atoms with E-state index in [4.69, 9.17) is 0 Å². The molecule has 0 amide bonds. The second-order valence-corrected chi connectivity index (χ2v) is 5.58. The van der Waals surface area contributed by atoms with Gasteiger partial charge in [0.25, 0.3) is 0 Å². The van der Waals surface area contributed by atoms with Crippen LogP contribution in [0.3, 0.4) is 0 Å². The average molecular weight is 246 g/mol. The molecule has 2 heterocycles. The number of piperidine rings is 1. The van der Waals surface area contributed by atoms with E-state index in [1.165, 1.54) is 32.2 Å². The maximum absolute atomic E-state index is 4.45. The number of anilines is 1. The van der Waals surface area contributed by atoms with Gasteiger partial charge in [0.05, 0.1) is 5.69 Å². The monoisotopic (exact) mass is 246 g/mol. The number of rotatable bonds is 4. The van der Waals surface area contributed by atoms with Crippen LogP contribution in [0.4, 0.5) is 5.82 Å². The number of aryl methyl sites for hydroxylation is 1. The number of nitrogens with zero attached hydrogens (tertiary/aromatic N) is 3. The van der Waals surface area contributed by atoms with Gasteiger partial charge in [-0.05, 0) is 45.1 Å². The topological polar surface area (TPSA) is 41.1 Å². The van der Waals surface area contributed by atoms with Crippen molar-refractivity contribution in [3.63, 3.8) is 0 Å². The van der Waals surface area contributed by atoms with Crippen LogP contribution in [0.2, 0.25) is 0 Å². The summed E-state index contributed by atoms with van der Waals surface area (Å²) in [6.45, 7) is 5.47. The molecule has 4 heteroatoms. The van der Waals surface area contributed by atoms with Crippen LogP contribution in [0.15, 0.2) is 12.4 Å². The first-order chi connectivity index (χ1) is 8.83. The lowest BCUT2D eigenvalue weighted by Gasteiger charge is -2.33. The number of hydrogen-bond acceptors (Lipinski definition) is 4. The Hall–Kier alpha value is -1.16. The summed E-state index contributed by atoms with van der Waals surface area (Å²) in [4.78, 5) is 11.1. The van der Waals surface area contributed by atoms with E-state index in [1.54, 1.807) is 12.4 Å². The predicted molar refractivity (Wildman–Crippen MR) is 72.7 cm³/mol. The standard InChI is InChI=1S/C14H22N4/c1-11-14(16-7-6-15-11)18-8-4-13(5-9-18)17-10-12-2-3-12/h6-7,12-13,17H,2-5,8-10H2,1H3. The van der Waals surface area contributed by atoms with Gasteiger partial charge in [0, 0.05) is 31.5 Å². The molecule has 1 aromatic heterocycles. The molecule has 0 radical (unpaired) electrons. The third-order valence-corrected chi connectivity index (χ3v) is 4.04. The Balaban J connectivity index is 1.51. The molecule has 0 atom stereocenters. The van der Waals surface area contributed by atoms with Gasteiger partial charge in [-0.15, -0.1) is 0 Å². The summed E-state index contributed by atoms with van der Waals surface area (Å²) >= 11 is 0. The van der Waals surface area contributed by atoms with Gasteiger partial charge in [0.1, 0.15) is 5.82 Å². The fourth-order valence-corrected chi connectivity index (χ4v) is 2.66. The van der Waals surface area contributed by atoms with Crippen molar-refractivity contribution in [1.29, 1.82) is 0 Å². The number of aromatic nitrogens is 2. The van der Waals surface area contributed by atoms with Crippen LogP contribution >= 0.6 is 0 Å². The molecule has 1 saturated heterocycles. The summed E-state index contributed by atoms with van der Waals surface area (Å²) in [6, 6.07) is 0.707. The predicted octanol–water partition coefficient (Wildman–Crippen LogP) is 1.75. The molecule has 0 spiro atoms. The van der Waals surface area contributed by atoms with E-state index < -0.39 is 0 Å². The molecule has 4 nitrogen and oxygen atoms in total. The van der Waals surface area contributed by atoms with Crippen LogP contribution in [-0.2, 0) is 0 Å². The second-order valence-electron chi connectivity index (χ2n) is 5.58. The maximum atomic E-state index is 4.45. The lowest BCUT2D eigenvalue weighted by molar-refractivity contribution is 0.407. The van der Waals surface area contributed by atoms with Crippen LogP contribution in [-0.4, -0.2) is 35.6 Å². The summed E-state index contributed by atoms with van der Waals surface area (Å²) in [6.07, 6.45) is 8.88. The van der Waals surface area contributed by atoms with Crippen molar-refractivity contribution in [3.8, 4) is 0 Å². The molecule has 3 rings (SSSR count). The molecule has 1 saturated carbocycles. The lowest BCUT2D eigenvalue weighted by atomic mass is 10.0. The van der Waals surface area contributed by atoms with Crippen LogP contribution in [0, 0.1) is 12.8 Å². The summed E-state index contributed by atoms with van der Waals surface area (Å²) in [7, 11) is 0. The molecule has 18 heavy (non-hydrogen) atoms. The normalized spacial score (nSPS) is 21.3. The Kier molecular flexibility index (Phi) is 3.46. The van der Waals surface area contributed by atoms with Crippen molar-refractivity contribution in [2.75, 3.05) is 24.5 Å². The van der Waals surface area contributed by atoms with Gasteiger partial charge in [0.15, 0.2) is 0 Å². The van der Waals surface area contributed by atoms with E-state index in [-0.39, 0.29) is 0 Å². The first-order valence-electron chi connectivity index (χ1n) is 7.09. The van der Waals surface area contributed by atoms with Crippen molar-refractivity contribution in [2.45, 2.75) is 38.6 Å². The van der Waals surface area contributed by atoms with Crippen LogP contribution in [0.25, 0.3) is 0 Å². The van der Waals surface area contributed by atoms with E-state index in [1.807, 2.05) is 6.92 Å². The highest BCUT2D eigenvalue weighted by atomic mass is 15.2. The fraction of sp³-hybridized carbons (Fsp3) is 0.714. The van der Waals surface area contributed by atoms with Crippen molar-refractivity contribution < 1.29 is 0 Å². The maximum Gasteiger partial charge on any atom is 0.150 e. The summed E-state index contributed by atoms with van der Waals surface area (Å²) in [5.41, 5.74) is 1.04. The molecule has 2 fully saturated rings. The first-order valence-corrected chi connectivity index (χ1v) is 7.09. The van der Waals surface area contributed by atoms with Crippen molar-refractivity contribution in [3.05, 3.63) is 18.1 Å². The van der Waals surface area contributed by atoms with E-state index in [2.05, 4.69) is 20.2 Å². The molecule has 1 N–H and O–H groups in total. The van der Waals surface area contributed by atoms with Crippen molar-refractivity contribution in [2.24, 2.45) is 5.92 Å². The zero-order valence-electron chi connectivity index (χ0n) is 11.1. The van der Waals surface area contributed by atoms with Crippen LogP contribution < -0.4 is 10.2 Å². The fourth-order valence-electron chi connectivity index (χ4n) is 2.66. The molecule has 2 aliphatic rings. The largest absolute Gasteiger partial charge is 0.355 e. The molecule has 98 valence electrons. The Morgan fingerprint density at radius 3 is 2.56 bits per heavy atom. The molecule has 0 unspecified atom stereocenters. The molecule has 1 aromatic rings. The van der Waals surface area contributed by atoms with Gasteiger partial charge in [-0.2, -0.15) is 0 Å². The van der Waals surface area contributed by atoms with Gasteiger partial charge in [-0.25, -0.2) is 4.98 Å². The number of hydrogen-bond donors (Lipinski definition) is 1. The van der Waals surface area contributed by atoms with Gasteiger partial charge in [0.2, 0.25) is 0 Å². The minimum absolute atomic E-state index is 0.707. The van der Waals surface area contributed by atoms with Crippen molar-refractivity contribution >= 4 is 5.82 Å². The third kappa shape index (κ3) is 2.80. The molecular formula is C14H22N4. The molecule has 0 bridgehead atoms. The molecule has 1 aliphatic carbocycles. The lowest BCUT2D eigenvalue weighted by Crippen LogP contribution is -2.43. The van der Waals surface area contributed by atoms with Gasteiger partial charge < -0.3 is 10.2 Å². The highest BCUT2D eigenvalue weighted by Gasteiger charge is 2.25. The highest BCUT2D eigenvalue weighted by Crippen LogP contribution is 2.28. The zero-order chi connectivity index (χ0) is 12.4. The third-order valence-electron chi connectivity index (χ3n) is 4.04. The minimum atomic E-state index is 0.707. The minimum Gasteiger partial charge on any atom is -0.355 e. The number of nitrogens with one attached hydrogen (secondary N) is 1. The smallest absolute Gasteiger partial charge is 0.150 e. The Morgan fingerprint density at radius 1 is 1.17 bits per heavy atom. The molecule has 1 aliphatic heterocycles. The average Bonchev–Trinajstić information content (AvgIpc) is 3.22.